The second-order valence-corrected chi connectivity index (χ2v) is 6.51. The van der Waals surface area contributed by atoms with Gasteiger partial charge < -0.3 is 10.2 Å². The van der Waals surface area contributed by atoms with Gasteiger partial charge in [0.25, 0.3) is 0 Å². The topological polar surface area (TPSA) is 93.0 Å². The molecule has 3 heterocycles. The number of rotatable bonds is 4. The molecule has 1 atom stereocenters. The number of pyridine rings is 1. The molecule has 132 valence electrons. The summed E-state index contributed by atoms with van der Waals surface area (Å²) < 4.78 is 1.54. The first kappa shape index (κ1) is 17.1. The van der Waals surface area contributed by atoms with Crippen molar-refractivity contribution in [2.24, 2.45) is 11.8 Å². The third-order valence-corrected chi connectivity index (χ3v) is 4.27. The van der Waals surface area contributed by atoms with E-state index in [1.807, 2.05) is 13.8 Å². The lowest BCUT2D eigenvalue weighted by Crippen LogP contribution is -2.45. The highest BCUT2D eigenvalue weighted by Crippen LogP contribution is 2.20. The smallest absolute Gasteiger partial charge is 0.229 e. The fourth-order valence-corrected chi connectivity index (χ4v) is 2.92. The first-order valence-corrected chi connectivity index (χ1v) is 8.45. The Morgan fingerprint density at radius 3 is 2.80 bits per heavy atom. The molecule has 1 saturated heterocycles. The molecule has 1 aliphatic rings. The van der Waals surface area contributed by atoms with E-state index in [1.165, 1.54) is 6.33 Å². The predicted octanol–water partition coefficient (Wildman–Crippen LogP) is 1.50. The fraction of sp³-hybridized carbons (Fsp3) is 0.471. The van der Waals surface area contributed by atoms with Gasteiger partial charge in [0.15, 0.2) is 5.82 Å². The van der Waals surface area contributed by atoms with Crippen molar-refractivity contribution in [2.75, 3.05) is 18.4 Å². The summed E-state index contributed by atoms with van der Waals surface area (Å²) >= 11 is 0. The van der Waals surface area contributed by atoms with Crippen molar-refractivity contribution in [2.45, 2.75) is 26.7 Å². The minimum Gasteiger partial charge on any atom is -0.342 e. The van der Waals surface area contributed by atoms with E-state index >= 15 is 0 Å². The minimum atomic E-state index is -0.188. The van der Waals surface area contributed by atoms with Crippen molar-refractivity contribution >= 4 is 17.5 Å². The summed E-state index contributed by atoms with van der Waals surface area (Å²) in [5, 5.41) is 6.90. The van der Waals surface area contributed by atoms with Gasteiger partial charge in [-0.3, -0.25) is 9.59 Å². The molecular weight excluding hydrogens is 320 g/mol. The molecule has 1 unspecified atom stereocenters. The molecule has 1 N–H and O–H groups in total. The van der Waals surface area contributed by atoms with Gasteiger partial charge in [0.2, 0.25) is 11.8 Å². The zero-order valence-electron chi connectivity index (χ0n) is 14.4. The predicted molar refractivity (Wildman–Crippen MR) is 91.9 cm³/mol. The lowest BCUT2D eigenvalue weighted by molar-refractivity contribution is -0.137. The van der Waals surface area contributed by atoms with Crippen LogP contribution in [-0.4, -0.2) is 49.6 Å². The van der Waals surface area contributed by atoms with Crippen LogP contribution < -0.4 is 5.32 Å². The molecule has 0 aliphatic carbocycles. The van der Waals surface area contributed by atoms with Crippen molar-refractivity contribution in [1.29, 1.82) is 0 Å². The number of hydrogen-bond donors (Lipinski definition) is 1. The van der Waals surface area contributed by atoms with Crippen LogP contribution in [0.15, 0.2) is 31.0 Å². The quantitative estimate of drug-likeness (QED) is 0.909. The zero-order valence-corrected chi connectivity index (χ0v) is 14.4. The monoisotopic (exact) mass is 342 g/mol. The summed E-state index contributed by atoms with van der Waals surface area (Å²) in [6.45, 7) is 4.98. The molecule has 25 heavy (non-hydrogen) atoms. The van der Waals surface area contributed by atoms with Crippen molar-refractivity contribution in [3.63, 3.8) is 0 Å². The number of carbonyl (C=O) groups excluding carboxylic acids is 2. The molecule has 0 saturated carbocycles. The van der Waals surface area contributed by atoms with Crippen LogP contribution in [0.1, 0.15) is 26.7 Å². The second-order valence-electron chi connectivity index (χ2n) is 6.51. The number of amides is 2. The van der Waals surface area contributed by atoms with Crippen molar-refractivity contribution in [1.82, 2.24) is 24.6 Å². The molecule has 2 aromatic heterocycles. The fourth-order valence-electron chi connectivity index (χ4n) is 2.92. The van der Waals surface area contributed by atoms with Crippen molar-refractivity contribution in [3.8, 4) is 5.82 Å². The van der Waals surface area contributed by atoms with Gasteiger partial charge in [0.1, 0.15) is 12.7 Å². The van der Waals surface area contributed by atoms with E-state index in [2.05, 4.69) is 20.4 Å². The summed E-state index contributed by atoms with van der Waals surface area (Å²) in [5.41, 5.74) is 0.626. The minimum absolute atomic E-state index is 0.0460. The number of hydrogen-bond acceptors (Lipinski definition) is 5. The molecular formula is C17H22N6O2. The van der Waals surface area contributed by atoms with E-state index in [0.717, 1.165) is 19.4 Å². The molecule has 0 bridgehead atoms. The Kier molecular flexibility index (Phi) is 5.06. The Morgan fingerprint density at radius 1 is 1.32 bits per heavy atom. The number of nitrogens with one attached hydrogen (secondary N) is 1. The largest absolute Gasteiger partial charge is 0.342 e. The maximum Gasteiger partial charge on any atom is 0.229 e. The SMILES string of the molecule is CC(C)C(=O)N1CCCC(C(=O)Nc2ccc(-n3cncn3)nc2)C1. The highest BCUT2D eigenvalue weighted by atomic mass is 16.2. The highest BCUT2D eigenvalue weighted by Gasteiger charge is 2.29. The summed E-state index contributed by atoms with van der Waals surface area (Å²) in [4.78, 5) is 34.6. The van der Waals surface area contributed by atoms with Crippen LogP contribution in [0.25, 0.3) is 5.82 Å². The molecule has 2 aromatic rings. The van der Waals surface area contributed by atoms with Crippen LogP contribution in [0.4, 0.5) is 5.69 Å². The van der Waals surface area contributed by atoms with Gasteiger partial charge >= 0.3 is 0 Å². The van der Waals surface area contributed by atoms with Crippen LogP contribution >= 0.6 is 0 Å². The standard InChI is InChI=1S/C17H22N6O2/c1-12(2)17(25)22-7-3-4-13(9-22)16(24)21-14-5-6-15(19-8-14)23-11-18-10-20-23/h5-6,8,10-13H,3-4,7,9H2,1-2H3,(H,21,24). The average Bonchev–Trinajstić information content (AvgIpc) is 3.16. The number of piperidine rings is 1. The van der Waals surface area contributed by atoms with E-state index in [-0.39, 0.29) is 23.7 Å². The van der Waals surface area contributed by atoms with Crippen LogP contribution in [0.5, 0.6) is 0 Å². The van der Waals surface area contributed by atoms with E-state index in [1.54, 1.807) is 34.2 Å². The first-order valence-electron chi connectivity index (χ1n) is 8.45. The lowest BCUT2D eigenvalue weighted by atomic mass is 9.96. The molecule has 0 spiro atoms. The maximum absolute atomic E-state index is 12.5. The average molecular weight is 342 g/mol. The normalized spacial score (nSPS) is 17.6. The maximum atomic E-state index is 12.5. The third-order valence-electron chi connectivity index (χ3n) is 4.27. The Morgan fingerprint density at radius 2 is 2.16 bits per heavy atom. The van der Waals surface area contributed by atoms with Crippen molar-refractivity contribution in [3.05, 3.63) is 31.0 Å². The summed E-state index contributed by atoms with van der Waals surface area (Å²) in [6, 6.07) is 3.54. The Bertz CT molecular complexity index is 726. The molecule has 0 radical (unpaired) electrons. The Labute approximate surface area is 146 Å². The molecule has 8 heteroatoms. The summed E-state index contributed by atoms with van der Waals surface area (Å²) in [5.74, 6) is 0.427. The van der Waals surface area contributed by atoms with Crippen molar-refractivity contribution < 1.29 is 9.59 Å². The second kappa shape index (κ2) is 7.42. The number of carbonyl (C=O) groups is 2. The van der Waals surface area contributed by atoms with E-state index in [9.17, 15) is 9.59 Å². The van der Waals surface area contributed by atoms with E-state index in [0.29, 0.717) is 18.1 Å². The van der Waals surface area contributed by atoms with Crippen LogP contribution in [-0.2, 0) is 9.59 Å². The zero-order chi connectivity index (χ0) is 17.8. The molecule has 1 fully saturated rings. The third kappa shape index (κ3) is 4.01. The van der Waals surface area contributed by atoms with Gasteiger partial charge in [0, 0.05) is 19.0 Å². The van der Waals surface area contributed by atoms with E-state index < -0.39 is 0 Å². The number of anilines is 1. The van der Waals surface area contributed by atoms with Gasteiger partial charge in [-0.2, -0.15) is 5.10 Å². The Hall–Kier alpha value is -2.77. The number of nitrogens with zero attached hydrogens (tertiary/aromatic N) is 5. The van der Waals surface area contributed by atoms with Gasteiger partial charge in [-0.05, 0) is 25.0 Å². The van der Waals surface area contributed by atoms with Gasteiger partial charge in [-0.25, -0.2) is 14.6 Å². The number of aromatic nitrogens is 4. The Balaban J connectivity index is 1.61. The van der Waals surface area contributed by atoms with Gasteiger partial charge in [0.05, 0.1) is 17.8 Å². The number of likely N-dealkylation sites (tertiary alicyclic amines) is 1. The van der Waals surface area contributed by atoms with Crippen LogP contribution in [0.2, 0.25) is 0 Å². The molecule has 3 rings (SSSR count). The first-order chi connectivity index (χ1) is 12.0. The molecule has 8 nitrogen and oxygen atoms in total. The van der Waals surface area contributed by atoms with Crippen LogP contribution in [0.3, 0.4) is 0 Å². The summed E-state index contributed by atoms with van der Waals surface area (Å²) in [7, 11) is 0. The van der Waals surface area contributed by atoms with E-state index in [4.69, 9.17) is 0 Å². The van der Waals surface area contributed by atoms with Gasteiger partial charge in [-0.15, -0.1) is 0 Å². The highest BCUT2D eigenvalue weighted by molar-refractivity contribution is 5.93. The lowest BCUT2D eigenvalue weighted by Gasteiger charge is -2.33. The molecule has 1 aliphatic heterocycles. The van der Waals surface area contributed by atoms with Crippen LogP contribution in [0, 0.1) is 11.8 Å². The molecule has 2 amide bonds. The molecule has 0 aromatic carbocycles. The summed E-state index contributed by atoms with van der Waals surface area (Å²) in [6.07, 6.45) is 6.22. The van der Waals surface area contributed by atoms with Gasteiger partial charge in [-0.1, -0.05) is 13.8 Å².